The Morgan fingerprint density at radius 1 is 1.56 bits per heavy atom. The van der Waals surface area contributed by atoms with Gasteiger partial charge in [0.15, 0.2) is 0 Å². The van der Waals surface area contributed by atoms with Gasteiger partial charge in [-0.2, -0.15) is 0 Å². The van der Waals surface area contributed by atoms with Gasteiger partial charge >= 0.3 is 0 Å². The molecule has 1 saturated heterocycles. The highest BCUT2D eigenvalue weighted by Gasteiger charge is 2.27. The van der Waals surface area contributed by atoms with Crippen molar-refractivity contribution >= 4 is 11.8 Å². The van der Waals surface area contributed by atoms with E-state index in [0.717, 1.165) is 0 Å². The van der Waals surface area contributed by atoms with Crippen molar-refractivity contribution in [2.75, 3.05) is 6.54 Å². The lowest BCUT2D eigenvalue weighted by molar-refractivity contribution is -0.126. The van der Waals surface area contributed by atoms with Crippen molar-refractivity contribution in [1.29, 1.82) is 0 Å². The molecule has 2 amide bonds. The number of halogens is 1. The third-order valence-corrected chi connectivity index (χ3v) is 3.05. The number of amides is 2. The zero-order valence-corrected chi connectivity index (χ0v) is 10.1. The molecule has 0 spiro atoms. The Bertz CT molecular complexity index is 488. The van der Waals surface area contributed by atoms with Gasteiger partial charge in [-0.15, -0.1) is 0 Å². The minimum atomic E-state index is -0.312. The number of nitrogens with one attached hydrogen (secondary N) is 2. The SMILES string of the molecule is Cc1ccc(CNC(=O)C2CNC(=O)C2)cc1F. The second kappa shape index (κ2) is 5.16. The number of benzene rings is 1. The maximum absolute atomic E-state index is 13.3. The predicted octanol–water partition coefficient (Wildman–Crippen LogP) is 0.886. The largest absolute Gasteiger partial charge is 0.355 e. The molecular weight excluding hydrogens is 235 g/mol. The standard InChI is InChI=1S/C13H15FN2O2/c1-8-2-3-9(4-11(8)14)6-16-13(18)10-5-12(17)15-7-10/h2-4,10H,5-7H2,1H3,(H,15,17)(H,16,18). The molecular formula is C13H15FN2O2. The van der Waals surface area contributed by atoms with E-state index in [1.807, 2.05) is 0 Å². The first-order chi connectivity index (χ1) is 8.56. The zero-order valence-electron chi connectivity index (χ0n) is 10.1. The van der Waals surface area contributed by atoms with E-state index >= 15 is 0 Å². The fraction of sp³-hybridized carbons (Fsp3) is 0.385. The molecule has 5 heteroatoms. The van der Waals surface area contributed by atoms with Gasteiger partial charge in [-0.3, -0.25) is 9.59 Å². The molecule has 1 heterocycles. The van der Waals surface area contributed by atoms with Crippen LogP contribution in [0.4, 0.5) is 4.39 Å². The fourth-order valence-corrected chi connectivity index (χ4v) is 1.87. The van der Waals surface area contributed by atoms with E-state index in [1.165, 1.54) is 6.07 Å². The maximum Gasteiger partial charge on any atom is 0.225 e. The number of aryl methyl sites for hydroxylation is 1. The molecule has 1 unspecified atom stereocenters. The van der Waals surface area contributed by atoms with Gasteiger partial charge in [-0.25, -0.2) is 4.39 Å². The summed E-state index contributed by atoms with van der Waals surface area (Å²) in [6.07, 6.45) is 0.230. The van der Waals surface area contributed by atoms with Crippen LogP contribution in [0.25, 0.3) is 0 Å². The lowest BCUT2D eigenvalue weighted by atomic mass is 10.1. The fourth-order valence-electron chi connectivity index (χ4n) is 1.87. The average molecular weight is 250 g/mol. The summed E-state index contributed by atoms with van der Waals surface area (Å²) >= 11 is 0. The Morgan fingerprint density at radius 3 is 2.94 bits per heavy atom. The van der Waals surface area contributed by atoms with Crippen LogP contribution in [0.15, 0.2) is 18.2 Å². The topological polar surface area (TPSA) is 58.2 Å². The van der Waals surface area contributed by atoms with Crippen LogP contribution in [0.1, 0.15) is 17.5 Å². The molecule has 18 heavy (non-hydrogen) atoms. The Labute approximate surface area is 105 Å². The molecule has 0 aliphatic carbocycles. The molecule has 1 fully saturated rings. The van der Waals surface area contributed by atoms with E-state index in [2.05, 4.69) is 10.6 Å². The highest BCUT2D eigenvalue weighted by molar-refractivity contribution is 5.89. The highest BCUT2D eigenvalue weighted by atomic mass is 19.1. The third kappa shape index (κ3) is 2.85. The molecule has 1 atom stereocenters. The number of rotatable bonds is 3. The normalized spacial score (nSPS) is 18.6. The summed E-state index contributed by atoms with van der Waals surface area (Å²) in [5.41, 5.74) is 1.29. The first-order valence-electron chi connectivity index (χ1n) is 5.85. The maximum atomic E-state index is 13.3. The van der Waals surface area contributed by atoms with E-state index in [9.17, 15) is 14.0 Å². The number of hydrogen-bond donors (Lipinski definition) is 2. The van der Waals surface area contributed by atoms with Crippen molar-refractivity contribution in [3.05, 3.63) is 35.1 Å². The van der Waals surface area contributed by atoms with Gasteiger partial charge in [-0.05, 0) is 24.1 Å². The molecule has 4 nitrogen and oxygen atoms in total. The van der Waals surface area contributed by atoms with Crippen molar-refractivity contribution in [3.63, 3.8) is 0 Å². The first kappa shape index (κ1) is 12.5. The van der Waals surface area contributed by atoms with Crippen molar-refractivity contribution in [1.82, 2.24) is 10.6 Å². The van der Waals surface area contributed by atoms with Crippen LogP contribution in [-0.2, 0) is 16.1 Å². The highest BCUT2D eigenvalue weighted by Crippen LogP contribution is 2.11. The van der Waals surface area contributed by atoms with Gasteiger partial charge < -0.3 is 10.6 Å². The summed E-state index contributed by atoms with van der Waals surface area (Å²) in [5, 5.41) is 5.32. The third-order valence-electron chi connectivity index (χ3n) is 3.05. The molecule has 1 aliphatic rings. The van der Waals surface area contributed by atoms with Crippen molar-refractivity contribution in [2.24, 2.45) is 5.92 Å². The van der Waals surface area contributed by atoms with E-state index in [4.69, 9.17) is 0 Å². The monoisotopic (exact) mass is 250 g/mol. The quantitative estimate of drug-likeness (QED) is 0.837. The number of carbonyl (C=O) groups excluding carboxylic acids is 2. The molecule has 0 saturated carbocycles. The molecule has 1 aromatic carbocycles. The Balaban J connectivity index is 1.89. The van der Waals surface area contributed by atoms with Gasteiger partial charge in [0, 0.05) is 19.5 Å². The van der Waals surface area contributed by atoms with Crippen LogP contribution in [-0.4, -0.2) is 18.4 Å². The Hall–Kier alpha value is -1.91. The van der Waals surface area contributed by atoms with E-state index in [0.29, 0.717) is 17.7 Å². The number of hydrogen-bond acceptors (Lipinski definition) is 2. The number of carbonyl (C=O) groups is 2. The van der Waals surface area contributed by atoms with Gasteiger partial charge in [0.2, 0.25) is 11.8 Å². The lowest BCUT2D eigenvalue weighted by Gasteiger charge is -2.09. The van der Waals surface area contributed by atoms with E-state index in [1.54, 1.807) is 19.1 Å². The van der Waals surface area contributed by atoms with Crippen molar-refractivity contribution < 1.29 is 14.0 Å². The summed E-state index contributed by atoms with van der Waals surface area (Å²) in [6.45, 7) is 2.35. The van der Waals surface area contributed by atoms with Crippen LogP contribution >= 0.6 is 0 Å². The lowest BCUT2D eigenvalue weighted by Crippen LogP contribution is -2.31. The molecule has 1 aliphatic heterocycles. The van der Waals surface area contributed by atoms with Gasteiger partial charge in [0.1, 0.15) is 5.82 Å². The Kier molecular flexibility index (Phi) is 3.60. The van der Waals surface area contributed by atoms with E-state index in [-0.39, 0.29) is 36.5 Å². The van der Waals surface area contributed by atoms with Crippen LogP contribution < -0.4 is 10.6 Å². The van der Waals surface area contributed by atoms with E-state index < -0.39 is 0 Å². The molecule has 0 radical (unpaired) electrons. The second-order valence-electron chi connectivity index (χ2n) is 4.51. The minimum absolute atomic E-state index is 0.100. The van der Waals surface area contributed by atoms with Crippen LogP contribution in [0, 0.1) is 18.7 Å². The summed E-state index contributed by atoms with van der Waals surface area (Å²) in [4.78, 5) is 22.7. The minimum Gasteiger partial charge on any atom is -0.355 e. The molecule has 0 bridgehead atoms. The van der Waals surface area contributed by atoms with Crippen LogP contribution in [0.5, 0.6) is 0 Å². The average Bonchev–Trinajstić information content (AvgIpc) is 2.77. The molecule has 96 valence electrons. The van der Waals surface area contributed by atoms with Gasteiger partial charge in [0.05, 0.1) is 5.92 Å². The second-order valence-corrected chi connectivity index (χ2v) is 4.51. The van der Waals surface area contributed by atoms with Gasteiger partial charge in [-0.1, -0.05) is 12.1 Å². The van der Waals surface area contributed by atoms with Crippen LogP contribution in [0.2, 0.25) is 0 Å². The summed E-state index contributed by atoms with van der Waals surface area (Å²) < 4.78 is 13.3. The summed E-state index contributed by atoms with van der Waals surface area (Å²) in [6, 6.07) is 4.86. The van der Waals surface area contributed by atoms with Crippen LogP contribution in [0.3, 0.4) is 0 Å². The first-order valence-corrected chi connectivity index (χ1v) is 5.85. The Morgan fingerprint density at radius 2 is 2.33 bits per heavy atom. The zero-order chi connectivity index (χ0) is 13.1. The molecule has 2 rings (SSSR count). The van der Waals surface area contributed by atoms with Crippen molar-refractivity contribution in [2.45, 2.75) is 19.9 Å². The molecule has 1 aromatic rings. The molecule has 0 aromatic heterocycles. The smallest absolute Gasteiger partial charge is 0.225 e. The van der Waals surface area contributed by atoms with Crippen molar-refractivity contribution in [3.8, 4) is 0 Å². The van der Waals surface area contributed by atoms with Gasteiger partial charge in [0.25, 0.3) is 0 Å². The summed E-state index contributed by atoms with van der Waals surface area (Å²) in [5.74, 6) is -0.863. The predicted molar refractivity (Wildman–Crippen MR) is 64.1 cm³/mol. The summed E-state index contributed by atoms with van der Waals surface area (Å²) in [7, 11) is 0. The molecule has 2 N–H and O–H groups in total.